The van der Waals surface area contributed by atoms with Gasteiger partial charge in [-0.2, -0.15) is 0 Å². The van der Waals surface area contributed by atoms with Crippen LogP contribution in [0.25, 0.3) is 6.08 Å². The van der Waals surface area contributed by atoms with Gasteiger partial charge in [0.15, 0.2) is 0 Å². The van der Waals surface area contributed by atoms with Gasteiger partial charge in [0.05, 0.1) is 14.2 Å². The third-order valence-corrected chi connectivity index (χ3v) is 2.97. The highest BCUT2D eigenvalue weighted by Crippen LogP contribution is 2.25. The molecular weight excluding hydrogens is 285 g/mol. The Hall–Kier alpha value is -2.82. The van der Waals surface area contributed by atoms with Crippen molar-refractivity contribution in [1.82, 2.24) is 0 Å². The second-order valence-electron chi connectivity index (χ2n) is 4.44. The second-order valence-corrected chi connectivity index (χ2v) is 4.44. The van der Waals surface area contributed by atoms with Gasteiger partial charge in [-0.15, -0.1) is 0 Å². The van der Waals surface area contributed by atoms with Gasteiger partial charge in [0, 0.05) is 23.4 Å². The lowest BCUT2D eigenvalue weighted by atomic mass is 10.1. The normalized spacial score (nSPS) is 10.5. The van der Waals surface area contributed by atoms with Crippen molar-refractivity contribution < 1.29 is 18.7 Å². The van der Waals surface area contributed by atoms with Crippen molar-refractivity contribution in [2.45, 2.75) is 0 Å². The highest BCUT2D eigenvalue weighted by Gasteiger charge is 2.03. The monoisotopic (exact) mass is 301 g/mol. The maximum absolute atomic E-state index is 12.8. The molecule has 5 heteroatoms. The van der Waals surface area contributed by atoms with Crippen LogP contribution in [0.1, 0.15) is 5.56 Å². The first-order chi connectivity index (χ1) is 10.6. The van der Waals surface area contributed by atoms with Crippen LogP contribution in [-0.4, -0.2) is 20.1 Å². The van der Waals surface area contributed by atoms with Gasteiger partial charge in [-0.1, -0.05) is 0 Å². The zero-order chi connectivity index (χ0) is 15.9. The molecule has 0 heterocycles. The van der Waals surface area contributed by atoms with Gasteiger partial charge < -0.3 is 14.8 Å². The van der Waals surface area contributed by atoms with Crippen LogP contribution in [0.4, 0.5) is 10.1 Å². The first-order valence-electron chi connectivity index (χ1n) is 6.59. The quantitative estimate of drug-likeness (QED) is 0.860. The number of anilines is 1. The summed E-state index contributed by atoms with van der Waals surface area (Å²) < 4.78 is 23.1. The summed E-state index contributed by atoms with van der Waals surface area (Å²) in [6, 6.07) is 10.9. The molecule has 0 unspecified atom stereocenters. The molecule has 0 atom stereocenters. The number of hydrogen-bond donors (Lipinski definition) is 1. The summed E-state index contributed by atoms with van der Waals surface area (Å²) in [7, 11) is 3.12. The molecular formula is C17H16FNO3. The molecule has 0 aliphatic rings. The fraction of sp³-hybridized carbons (Fsp3) is 0.118. The Morgan fingerprint density at radius 3 is 2.45 bits per heavy atom. The molecule has 2 aromatic carbocycles. The van der Waals surface area contributed by atoms with Crippen molar-refractivity contribution >= 4 is 17.7 Å². The first kappa shape index (κ1) is 15.6. The van der Waals surface area contributed by atoms with Crippen molar-refractivity contribution in [2.24, 2.45) is 0 Å². The number of methoxy groups -OCH3 is 2. The second kappa shape index (κ2) is 7.26. The van der Waals surface area contributed by atoms with E-state index >= 15 is 0 Å². The maximum atomic E-state index is 12.8. The number of benzene rings is 2. The molecule has 0 fully saturated rings. The summed E-state index contributed by atoms with van der Waals surface area (Å²) in [5.41, 5.74) is 1.27. The van der Waals surface area contributed by atoms with Gasteiger partial charge in [0.25, 0.3) is 0 Å². The third-order valence-electron chi connectivity index (χ3n) is 2.97. The van der Waals surface area contributed by atoms with Crippen LogP contribution in [0, 0.1) is 5.82 Å². The predicted octanol–water partition coefficient (Wildman–Crippen LogP) is 3.49. The van der Waals surface area contributed by atoms with E-state index in [0.717, 1.165) is 5.56 Å². The highest BCUT2D eigenvalue weighted by atomic mass is 19.1. The minimum Gasteiger partial charge on any atom is -0.497 e. The van der Waals surface area contributed by atoms with Gasteiger partial charge in [-0.25, -0.2) is 4.39 Å². The van der Waals surface area contributed by atoms with Crippen molar-refractivity contribution in [3.63, 3.8) is 0 Å². The zero-order valence-corrected chi connectivity index (χ0v) is 12.3. The Morgan fingerprint density at radius 1 is 1.09 bits per heavy atom. The van der Waals surface area contributed by atoms with E-state index in [9.17, 15) is 9.18 Å². The molecule has 0 radical (unpaired) electrons. The third kappa shape index (κ3) is 4.09. The van der Waals surface area contributed by atoms with Crippen LogP contribution in [0.3, 0.4) is 0 Å². The topological polar surface area (TPSA) is 47.6 Å². The van der Waals surface area contributed by atoms with E-state index < -0.39 is 0 Å². The molecule has 1 N–H and O–H groups in total. The molecule has 2 rings (SSSR count). The fourth-order valence-electron chi connectivity index (χ4n) is 1.84. The minimum atomic E-state index is -0.350. The van der Waals surface area contributed by atoms with Gasteiger partial charge in [0.2, 0.25) is 5.91 Å². The highest BCUT2D eigenvalue weighted by molar-refractivity contribution is 6.02. The molecule has 0 bridgehead atoms. The minimum absolute atomic E-state index is 0.315. The van der Waals surface area contributed by atoms with Gasteiger partial charge in [-0.05, 0) is 42.5 Å². The number of carbonyl (C=O) groups excluding carboxylic acids is 1. The Morgan fingerprint density at radius 2 is 1.82 bits per heavy atom. The van der Waals surface area contributed by atoms with Crippen molar-refractivity contribution in [1.29, 1.82) is 0 Å². The summed E-state index contributed by atoms with van der Waals surface area (Å²) in [5.74, 6) is 0.607. The van der Waals surface area contributed by atoms with Gasteiger partial charge >= 0.3 is 0 Å². The Balaban J connectivity index is 2.07. The average Bonchev–Trinajstić information content (AvgIpc) is 2.55. The number of carbonyl (C=O) groups is 1. The Bertz CT molecular complexity index is 681. The molecule has 1 amide bonds. The van der Waals surface area contributed by atoms with Gasteiger partial charge in [-0.3, -0.25) is 4.79 Å². The molecule has 0 aliphatic heterocycles. The summed E-state index contributed by atoms with van der Waals surface area (Å²) in [6.07, 6.45) is 3.02. The number of halogens is 1. The molecule has 22 heavy (non-hydrogen) atoms. The fourth-order valence-corrected chi connectivity index (χ4v) is 1.84. The number of amides is 1. The van der Waals surface area contributed by atoms with E-state index in [1.165, 1.54) is 30.3 Å². The average molecular weight is 301 g/mol. The van der Waals surface area contributed by atoms with E-state index in [1.807, 2.05) is 0 Å². The first-order valence-corrected chi connectivity index (χ1v) is 6.59. The smallest absolute Gasteiger partial charge is 0.248 e. The lowest BCUT2D eigenvalue weighted by Crippen LogP contribution is -2.07. The van der Waals surface area contributed by atoms with Crippen molar-refractivity contribution in [3.05, 3.63) is 59.9 Å². The summed E-state index contributed by atoms with van der Waals surface area (Å²) in [6.45, 7) is 0. The number of nitrogens with one attached hydrogen (secondary N) is 1. The predicted molar refractivity (Wildman–Crippen MR) is 83.6 cm³/mol. The van der Waals surface area contributed by atoms with E-state index in [0.29, 0.717) is 17.2 Å². The molecule has 0 aromatic heterocycles. The SMILES string of the molecule is COc1ccc(C=CC(=O)Nc2ccc(F)cc2)c(OC)c1. The van der Waals surface area contributed by atoms with Crippen molar-refractivity contribution in [2.75, 3.05) is 19.5 Å². The largest absolute Gasteiger partial charge is 0.497 e. The van der Waals surface area contributed by atoms with Crippen LogP contribution in [0.15, 0.2) is 48.5 Å². The van der Waals surface area contributed by atoms with Crippen LogP contribution in [0.2, 0.25) is 0 Å². The molecule has 0 aliphatic carbocycles. The van der Waals surface area contributed by atoms with E-state index in [4.69, 9.17) is 9.47 Å². The maximum Gasteiger partial charge on any atom is 0.248 e. The van der Waals surface area contributed by atoms with Crippen LogP contribution >= 0.6 is 0 Å². The van der Waals surface area contributed by atoms with Crippen molar-refractivity contribution in [3.8, 4) is 11.5 Å². The van der Waals surface area contributed by atoms with Crippen LogP contribution in [0.5, 0.6) is 11.5 Å². The number of ether oxygens (including phenoxy) is 2. The molecule has 2 aromatic rings. The number of hydrogen-bond acceptors (Lipinski definition) is 3. The zero-order valence-electron chi connectivity index (χ0n) is 12.3. The number of rotatable bonds is 5. The standard InChI is InChI=1S/C17H16FNO3/c1-21-15-9-3-12(16(11-15)22-2)4-10-17(20)19-14-7-5-13(18)6-8-14/h3-11H,1-2H3,(H,19,20). The molecule has 0 saturated heterocycles. The van der Waals surface area contributed by atoms with E-state index in [1.54, 1.807) is 38.5 Å². The summed E-state index contributed by atoms with van der Waals surface area (Å²) >= 11 is 0. The Kier molecular flexibility index (Phi) is 5.14. The molecule has 0 saturated carbocycles. The molecule has 0 spiro atoms. The van der Waals surface area contributed by atoms with Gasteiger partial charge in [0.1, 0.15) is 17.3 Å². The summed E-state index contributed by atoms with van der Waals surface area (Å²) in [4.78, 5) is 11.8. The summed E-state index contributed by atoms with van der Waals surface area (Å²) in [5, 5.41) is 2.64. The lowest BCUT2D eigenvalue weighted by molar-refractivity contribution is -0.111. The molecule has 4 nitrogen and oxygen atoms in total. The molecule has 114 valence electrons. The van der Waals surface area contributed by atoms with Crippen LogP contribution < -0.4 is 14.8 Å². The Labute approximate surface area is 128 Å². The lowest BCUT2D eigenvalue weighted by Gasteiger charge is -2.07. The van der Waals surface area contributed by atoms with E-state index in [-0.39, 0.29) is 11.7 Å². The van der Waals surface area contributed by atoms with E-state index in [2.05, 4.69) is 5.32 Å². The van der Waals surface area contributed by atoms with Crippen LogP contribution in [-0.2, 0) is 4.79 Å².